The van der Waals surface area contributed by atoms with Gasteiger partial charge in [-0.2, -0.15) is 0 Å². The van der Waals surface area contributed by atoms with E-state index in [9.17, 15) is 18.0 Å². The molecule has 3 aromatic carbocycles. The lowest BCUT2D eigenvalue weighted by Gasteiger charge is -2.16. The Morgan fingerprint density at radius 1 is 0.943 bits per heavy atom. The number of pyridine rings is 1. The maximum Gasteiger partial charge on any atom is 0.244 e. The molecule has 9 heteroatoms. The van der Waals surface area contributed by atoms with Crippen molar-refractivity contribution in [3.63, 3.8) is 0 Å². The predicted molar refractivity (Wildman–Crippen MR) is 133 cm³/mol. The monoisotopic (exact) mass is 492 g/mol. The number of hydrogen-bond donors (Lipinski definition) is 1. The highest BCUT2D eigenvalue weighted by Gasteiger charge is 2.25. The molecule has 0 atom stereocenters. The van der Waals surface area contributed by atoms with Gasteiger partial charge in [-0.15, -0.1) is 0 Å². The quantitative estimate of drug-likeness (QED) is 0.421. The summed E-state index contributed by atoms with van der Waals surface area (Å²) in [5, 5.41) is 2.86. The predicted octanol–water partition coefficient (Wildman–Crippen LogP) is 3.80. The van der Waals surface area contributed by atoms with E-state index in [0.717, 1.165) is 5.56 Å². The fraction of sp³-hybridized carbons (Fsp3) is 0.154. The molecule has 0 aliphatic rings. The summed E-state index contributed by atoms with van der Waals surface area (Å²) in [4.78, 5) is 25.8. The number of amides is 1. The van der Waals surface area contributed by atoms with E-state index in [0.29, 0.717) is 17.0 Å². The molecule has 0 bridgehead atoms. The van der Waals surface area contributed by atoms with Gasteiger partial charge >= 0.3 is 0 Å². The van der Waals surface area contributed by atoms with E-state index in [1.54, 1.807) is 42.5 Å². The van der Waals surface area contributed by atoms with Gasteiger partial charge in [0.05, 0.1) is 30.0 Å². The van der Waals surface area contributed by atoms with Crippen LogP contribution >= 0.6 is 0 Å². The zero-order chi connectivity index (χ0) is 25.2. The zero-order valence-electron chi connectivity index (χ0n) is 19.4. The minimum Gasteiger partial charge on any atom is -0.493 e. The summed E-state index contributed by atoms with van der Waals surface area (Å²) in [6.07, 6.45) is 1.20. The van der Waals surface area contributed by atoms with Gasteiger partial charge in [-0.1, -0.05) is 35.9 Å². The van der Waals surface area contributed by atoms with Crippen molar-refractivity contribution in [2.45, 2.75) is 23.3 Å². The molecule has 35 heavy (non-hydrogen) atoms. The topological polar surface area (TPSA) is 104 Å². The van der Waals surface area contributed by atoms with Crippen LogP contribution in [0.15, 0.2) is 87.5 Å². The molecule has 0 radical (unpaired) electrons. The Kier molecular flexibility index (Phi) is 6.61. The highest BCUT2D eigenvalue weighted by atomic mass is 32.2. The van der Waals surface area contributed by atoms with Gasteiger partial charge < -0.3 is 19.4 Å². The number of anilines is 1. The molecule has 180 valence electrons. The highest BCUT2D eigenvalue weighted by molar-refractivity contribution is 7.91. The summed E-state index contributed by atoms with van der Waals surface area (Å²) in [5.41, 5.74) is 1.11. The van der Waals surface area contributed by atoms with Crippen LogP contribution in [0.3, 0.4) is 0 Å². The summed E-state index contributed by atoms with van der Waals surface area (Å²) in [5.74, 6) is 0.211. The van der Waals surface area contributed by atoms with Crippen LogP contribution < -0.4 is 20.2 Å². The van der Waals surface area contributed by atoms with Gasteiger partial charge in [0.2, 0.25) is 21.2 Å². The molecule has 1 N–H and O–H groups in total. The van der Waals surface area contributed by atoms with Crippen molar-refractivity contribution < 1.29 is 22.7 Å². The number of para-hydroxylation sites is 1. The van der Waals surface area contributed by atoms with Crippen LogP contribution in [-0.4, -0.2) is 33.1 Å². The van der Waals surface area contributed by atoms with E-state index in [1.165, 1.54) is 43.2 Å². The van der Waals surface area contributed by atoms with E-state index in [4.69, 9.17) is 9.47 Å². The van der Waals surface area contributed by atoms with E-state index in [2.05, 4.69) is 5.32 Å². The number of fused-ring (bicyclic) bond motifs is 1. The third-order valence-corrected chi connectivity index (χ3v) is 7.31. The van der Waals surface area contributed by atoms with Gasteiger partial charge in [0.1, 0.15) is 11.4 Å². The SMILES string of the molecule is COc1cc2c(=O)c(S(=O)(=O)c3ccc(C)cc3)cn(CC(=O)Nc3ccccc3)c2cc1OC. The first-order valence-corrected chi connectivity index (χ1v) is 12.2. The van der Waals surface area contributed by atoms with Crippen LogP contribution in [0.25, 0.3) is 10.9 Å². The number of nitrogens with one attached hydrogen (secondary N) is 1. The van der Waals surface area contributed by atoms with Crippen LogP contribution in [0.2, 0.25) is 0 Å². The smallest absolute Gasteiger partial charge is 0.244 e. The Bertz CT molecular complexity index is 1560. The maximum atomic E-state index is 13.4. The number of carbonyl (C=O) groups is 1. The van der Waals surface area contributed by atoms with Gasteiger partial charge in [0.15, 0.2) is 11.5 Å². The molecule has 4 rings (SSSR count). The zero-order valence-corrected chi connectivity index (χ0v) is 20.3. The molecule has 0 fully saturated rings. The summed E-state index contributed by atoms with van der Waals surface area (Å²) < 4.78 is 39.0. The maximum absolute atomic E-state index is 13.4. The molecular weight excluding hydrogens is 468 g/mol. The number of ether oxygens (including phenoxy) is 2. The third kappa shape index (κ3) is 4.76. The molecule has 1 aromatic heterocycles. The number of methoxy groups -OCH3 is 2. The Balaban J connectivity index is 1.91. The van der Waals surface area contributed by atoms with Crippen molar-refractivity contribution in [3.8, 4) is 11.5 Å². The van der Waals surface area contributed by atoms with Crippen LogP contribution in [0, 0.1) is 6.92 Å². The van der Waals surface area contributed by atoms with Gasteiger partial charge in [0, 0.05) is 18.0 Å². The van der Waals surface area contributed by atoms with Crippen molar-refractivity contribution in [3.05, 3.63) is 88.7 Å². The van der Waals surface area contributed by atoms with Crippen molar-refractivity contribution in [1.29, 1.82) is 0 Å². The van der Waals surface area contributed by atoms with Crippen molar-refractivity contribution in [1.82, 2.24) is 4.57 Å². The van der Waals surface area contributed by atoms with Crippen molar-refractivity contribution in [2.24, 2.45) is 0 Å². The summed E-state index contributed by atoms with van der Waals surface area (Å²) in [7, 11) is -1.30. The number of benzene rings is 3. The molecule has 0 spiro atoms. The molecule has 0 unspecified atom stereocenters. The molecule has 4 aromatic rings. The second-order valence-corrected chi connectivity index (χ2v) is 9.82. The molecule has 0 saturated carbocycles. The number of sulfone groups is 1. The molecular formula is C26H24N2O6S. The van der Waals surface area contributed by atoms with Crippen LogP contribution in [0.1, 0.15) is 5.56 Å². The fourth-order valence-electron chi connectivity index (χ4n) is 3.73. The largest absolute Gasteiger partial charge is 0.493 e. The van der Waals surface area contributed by atoms with E-state index < -0.39 is 26.1 Å². The minimum absolute atomic E-state index is 0.0136. The molecule has 1 heterocycles. The van der Waals surface area contributed by atoms with Gasteiger partial charge in [-0.05, 0) is 37.3 Å². The Hall–Kier alpha value is -4.11. The number of carbonyl (C=O) groups excluding carboxylic acids is 1. The summed E-state index contributed by atoms with van der Waals surface area (Å²) in [6.45, 7) is 1.60. The number of rotatable bonds is 7. The number of aryl methyl sites for hydroxylation is 1. The first kappa shape index (κ1) is 24.0. The number of hydrogen-bond acceptors (Lipinski definition) is 6. The van der Waals surface area contributed by atoms with E-state index in [1.807, 2.05) is 13.0 Å². The lowest BCUT2D eigenvalue weighted by Crippen LogP contribution is -2.24. The van der Waals surface area contributed by atoms with Gasteiger partial charge in [-0.3, -0.25) is 9.59 Å². The second kappa shape index (κ2) is 9.63. The van der Waals surface area contributed by atoms with Gasteiger partial charge in [-0.25, -0.2) is 8.42 Å². The van der Waals surface area contributed by atoms with Crippen LogP contribution in [0.4, 0.5) is 5.69 Å². The van der Waals surface area contributed by atoms with E-state index in [-0.39, 0.29) is 22.6 Å². The fourth-order valence-corrected chi connectivity index (χ4v) is 5.10. The molecule has 0 aliphatic heterocycles. The molecule has 8 nitrogen and oxygen atoms in total. The first-order valence-electron chi connectivity index (χ1n) is 10.7. The summed E-state index contributed by atoms with van der Waals surface area (Å²) >= 11 is 0. The lowest BCUT2D eigenvalue weighted by molar-refractivity contribution is -0.116. The van der Waals surface area contributed by atoms with Crippen LogP contribution in [0.5, 0.6) is 11.5 Å². The van der Waals surface area contributed by atoms with E-state index >= 15 is 0 Å². The summed E-state index contributed by atoms with van der Waals surface area (Å²) in [6, 6.07) is 18.1. The normalized spacial score (nSPS) is 11.3. The third-order valence-electron chi connectivity index (χ3n) is 5.55. The average molecular weight is 493 g/mol. The highest BCUT2D eigenvalue weighted by Crippen LogP contribution is 2.32. The molecule has 0 saturated heterocycles. The van der Waals surface area contributed by atoms with Crippen molar-refractivity contribution >= 4 is 32.3 Å². The number of nitrogens with zero attached hydrogens (tertiary/aromatic N) is 1. The van der Waals surface area contributed by atoms with Crippen LogP contribution in [-0.2, 0) is 21.2 Å². The average Bonchev–Trinajstić information content (AvgIpc) is 2.85. The second-order valence-electron chi connectivity index (χ2n) is 7.91. The lowest BCUT2D eigenvalue weighted by atomic mass is 10.1. The molecule has 0 aliphatic carbocycles. The molecule has 1 amide bonds. The minimum atomic E-state index is -4.17. The Morgan fingerprint density at radius 3 is 2.20 bits per heavy atom. The standard InChI is InChI=1S/C26H24N2O6S/c1-17-9-11-19(12-10-17)35(31,32)24-15-28(16-25(29)27-18-7-5-4-6-8-18)21-14-23(34-3)22(33-2)13-20(21)26(24)30/h4-15H,16H2,1-3H3,(H,27,29). The number of aromatic nitrogens is 1. The first-order chi connectivity index (χ1) is 16.7. The Labute approximate surface area is 202 Å². The Morgan fingerprint density at radius 2 is 1.57 bits per heavy atom. The van der Waals surface area contributed by atoms with Crippen molar-refractivity contribution in [2.75, 3.05) is 19.5 Å². The van der Waals surface area contributed by atoms with Gasteiger partial charge in [0.25, 0.3) is 0 Å².